The molecular formula is C13H16N4O4. The Hall–Kier alpha value is -2.77. The second-order valence-corrected chi connectivity index (χ2v) is 4.61. The summed E-state index contributed by atoms with van der Waals surface area (Å²) in [7, 11) is 1.58. The third-order valence-corrected chi connectivity index (χ3v) is 2.92. The number of carboxylic acids is 1. The van der Waals surface area contributed by atoms with Gasteiger partial charge in [-0.05, 0) is 6.07 Å². The van der Waals surface area contributed by atoms with Gasteiger partial charge >= 0.3 is 12.0 Å². The third kappa shape index (κ3) is 4.10. The standard InChI is InChI=1S/C13H16N4O4/c1-17(6-9-2-3-21-7-9)13(20)16-11(12(18)19)4-10-5-14-8-15-10/h2-3,5,7-8,11H,4,6H2,1H3,(H,14,15)(H,16,20)(H,18,19)/t11-/m0/s1. The fourth-order valence-corrected chi connectivity index (χ4v) is 1.80. The van der Waals surface area contributed by atoms with Crippen LogP contribution in [0.25, 0.3) is 0 Å². The minimum atomic E-state index is -1.10. The highest BCUT2D eigenvalue weighted by Crippen LogP contribution is 2.05. The molecule has 2 heterocycles. The molecule has 0 bridgehead atoms. The maximum Gasteiger partial charge on any atom is 0.326 e. The lowest BCUT2D eigenvalue weighted by atomic mass is 10.1. The predicted molar refractivity (Wildman–Crippen MR) is 72.4 cm³/mol. The third-order valence-electron chi connectivity index (χ3n) is 2.92. The molecule has 1 atom stereocenters. The van der Waals surface area contributed by atoms with E-state index in [9.17, 15) is 14.7 Å². The van der Waals surface area contributed by atoms with E-state index >= 15 is 0 Å². The number of aliphatic carboxylic acids is 1. The number of amides is 2. The topological polar surface area (TPSA) is 111 Å². The second kappa shape index (κ2) is 6.60. The summed E-state index contributed by atoms with van der Waals surface area (Å²) in [5, 5.41) is 11.7. The van der Waals surface area contributed by atoms with Gasteiger partial charge in [0.05, 0.1) is 25.4 Å². The van der Waals surface area contributed by atoms with E-state index in [4.69, 9.17) is 4.42 Å². The summed E-state index contributed by atoms with van der Waals surface area (Å²) in [4.78, 5) is 31.2. The van der Waals surface area contributed by atoms with Gasteiger partial charge in [-0.25, -0.2) is 14.6 Å². The first kappa shape index (κ1) is 14.6. The average Bonchev–Trinajstić information content (AvgIpc) is 3.10. The zero-order valence-corrected chi connectivity index (χ0v) is 11.4. The SMILES string of the molecule is CN(Cc1ccoc1)C(=O)N[C@@H](Cc1cnc[nH]1)C(=O)O. The van der Waals surface area contributed by atoms with Gasteiger partial charge in [0.2, 0.25) is 0 Å². The number of aromatic amines is 1. The van der Waals surface area contributed by atoms with E-state index in [1.807, 2.05) is 0 Å². The van der Waals surface area contributed by atoms with Crippen LogP contribution < -0.4 is 5.32 Å². The lowest BCUT2D eigenvalue weighted by Crippen LogP contribution is -2.47. The molecule has 112 valence electrons. The van der Waals surface area contributed by atoms with E-state index in [-0.39, 0.29) is 6.42 Å². The number of carbonyl (C=O) groups excluding carboxylic acids is 1. The van der Waals surface area contributed by atoms with Crippen molar-refractivity contribution >= 4 is 12.0 Å². The molecule has 8 nitrogen and oxygen atoms in total. The maximum absolute atomic E-state index is 12.0. The normalized spacial score (nSPS) is 11.9. The van der Waals surface area contributed by atoms with Crippen molar-refractivity contribution in [2.45, 2.75) is 19.0 Å². The van der Waals surface area contributed by atoms with Crippen molar-refractivity contribution in [3.05, 3.63) is 42.4 Å². The number of nitrogens with zero attached hydrogens (tertiary/aromatic N) is 2. The van der Waals surface area contributed by atoms with Crippen LogP contribution in [0, 0.1) is 0 Å². The Balaban J connectivity index is 1.92. The van der Waals surface area contributed by atoms with Crippen LogP contribution in [-0.2, 0) is 17.8 Å². The van der Waals surface area contributed by atoms with Crippen LogP contribution in [0.4, 0.5) is 4.79 Å². The molecule has 0 aliphatic carbocycles. The molecule has 0 fully saturated rings. The molecule has 3 N–H and O–H groups in total. The molecule has 21 heavy (non-hydrogen) atoms. The van der Waals surface area contributed by atoms with Crippen LogP contribution >= 0.6 is 0 Å². The Kier molecular flexibility index (Phi) is 4.60. The highest BCUT2D eigenvalue weighted by molar-refractivity contribution is 5.82. The molecule has 2 aromatic rings. The van der Waals surface area contributed by atoms with E-state index in [1.165, 1.54) is 30.0 Å². The lowest BCUT2D eigenvalue weighted by Gasteiger charge is -2.20. The number of imidazole rings is 1. The Labute approximate surface area is 120 Å². The first-order valence-electron chi connectivity index (χ1n) is 6.29. The van der Waals surface area contributed by atoms with Gasteiger partial charge < -0.3 is 24.7 Å². The average molecular weight is 292 g/mol. The molecule has 2 amide bonds. The van der Waals surface area contributed by atoms with Gasteiger partial charge in [0, 0.05) is 30.9 Å². The summed E-state index contributed by atoms with van der Waals surface area (Å²) < 4.78 is 4.92. The number of carboxylic acid groups (broad SMARTS) is 1. The van der Waals surface area contributed by atoms with Crippen molar-refractivity contribution in [2.75, 3.05) is 7.05 Å². The van der Waals surface area contributed by atoms with Crippen molar-refractivity contribution in [3.63, 3.8) is 0 Å². The van der Waals surface area contributed by atoms with E-state index in [1.54, 1.807) is 13.1 Å². The van der Waals surface area contributed by atoms with E-state index in [2.05, 4.69) is 15.3 Å². The number of furan rings is 1. The predicted octanol–water partition coefficient (Wildman–Crippen LogP) is 0.840. The molecule has 2 rings (SSSR count). The van der Waals surface area contributed by atoms with E-state index in [0.29, 0.717) is 12.2 Å². The van der Waals surface area contributed by atoms with Crippen molar-refractivity contribution in [2.24, 2.45) is 0 Å². The number of urea groups is 1. The summed E-state index contributed by atoms with van der Waals surface area (Å²) in [6, 6.07) is 0.246. The Morgan fingerprint density at radius 2 is 2.38 bits per heavy atom. The van der Waals surface area contributed by atoms with Gasteiger partial charge in [-0.1, -0.05) is 0 Å². The van der Waals surface area contributed by atoms with Crippen molar-refractivity contribution in [3.8, 4) is 0 Å². The van der Waals surface area contributed by atoms with Crippen LogP contribution in [0.2, 0.25) is 0 Å². The highest BCUT2D eigenvalue weighted by Gasteiger charge is 2.22. The number of nitrogens with one attached hydrogen (secondary N) is 2. The first-order valence-corrected chi connectivity index (χ1v) is 6.29. The molecule has 0 aromatic carbocycles. The minimum Gasteiger partial charge on any atom is -0.480 e. The number of H-pyrrole nitrogens is 1. The highest BCUT2D eigenvalue weighted by atomic mass is 16.4. The number of aromatic nitrogens is 2. The molecule has 0 radical (unpaired) electrons. The Bertz CT molecular complexity index is 579. The zero-order valence-electron chi connectivity index (χ0n) is 11.4. The van der Waals surface area contributed by atoms with Gasteiger partial charge in [0.25, 0.3) is 0 Å². The number of carbonyl (C=O) groups is 2. The fraction of sp³-hybridized carbons (Fsp3) is 0.308. The number of hydrogen-bond acceptors (Lipinski definition) is 4. The van der Waals surface area contributed by atoms with Gasteiger partial charge in [-0.2, -0.15) is 0 Å². The molecule has 0 aliphatic heterocycles. The van der Waals surface area contributed by atoms with E-state index in [0.717, 1.165) is 5.56 Å². The second-order valence-electron chi connectivity index (χ2n) is 4.61. The fourth-order valence-electron chi connectivity index (χ4n) is 1.80. The quantitative estimate of drug-likeness (QED) is 0.730. The van der Waals surface area contributed by atoms with Crippen LogP contribution in [0.1, 0.15) is 11.3 Å². The summed E-state index contributed by atoms with van der Waals surface area (Å²) in [5.41, 5.74) is 1.47. The molecule has 0 spiro atoms. The number of rotatable bonds is 6. The maximum atomic E-state index is 12.0. The molecule has 0 aliphatic rings. The minimum absolute atomic E-state index is 0.140. The molecule has 0 saturated carbocycles. The summed E-state index contributed by atoms with van der Waals surface area (Å²) in [5.74, 6) is -1.10. The van der Waals surface area contributed by atoms with Gasteiger partial charge in [-0.3, -0.25) is 0 Å². The van der Waals surface area contributed by atoms with Gasteiger partial charge in [0.1, 0.15) is 6.04 Å². The lowest BCUT2D eigenvalue weighted by molar-refractivity contribution is -0.139. The summed E-state index contributed by atoms with van der Waals surface area (Å²) >= 11 is 0. The molecule has 0 unspecified atom stereocenters. The number of hydrogen-bond donors (Lipinski definition) is 3. The van der Waals surface area contributed by atoms with Gasteiger partial charge in [0.15, 0.2) is 0 Å². The smallest absolute Gasteiger partial charge is 0.326 e. The van der Waals surface area contributed by atoms with Crippen LogP contribution in [0.15, 0.2) is 35.5 Å². The molecular weight excluding hydrogens is 276 g/mol. The molecule has 8 heteroatoms. The van der Waals surface area contributed by atoms with E-state index < -0.39 is 18.0 Å². The zero-order chi connectivity index (χ0) is 15.2. The summed E-state index contributed by atoms with van der Waals surface area (Å²) in [6.45, 7) is 0.332. The molecule has 0 saturated heterocycles. The van der Waals surface area contributed by atoms with Crippen molar-refractivity contribution in [1.82, 2.24) is 20.2 Å². The monoisotopic (exact) mass is 292 g/mol. The largest absolute Gasteiger partial charge is 0.480 e. The van der Waals surface area contributed by atoms with Crippen LogP contribution in [0.3, 0.4) is 0 Å². The molecule has 2 aromatic heterocycles. The Morgan fingerprint density at radius 1 is 1.57 bits per heavy atom. The summed E-state index contributed by atoms with van der Waals surface area (Å²) in [6.07, 6.45) is 6.17. The van der Waals surface area contributed by atoms with Crippen LogP contribution in [0.5, 0.6) is 0 Å². The van der Waals surface area contributed by atoms with Crippen LogP contribution in [-0.4, -0.2) is 45.1 Å². The van der Waals surface area contributed by atoms with Crippen molar-refractivity contribution < 1.29 is 19.1 Å². The Morgan fingerprint density at radius 3 is 2.95 bits per heavy atom. The van der Waals surface area contributed by atoms with Gasteiger partial charge in [-0.15, -0.1) is 0 Å². The van der Waals surface area contributed by atoms with Crippen molar-refractivity contribution in [1.29, 1.82) is 0 Å². The first-order chi connectivity index (χ1) is 10.1.